The van der Waals surface area contributed by atoms with Crippen molar-refractivity contribution in [3.05, 3.63) is 58.7 Å². The van der Waals surface area contributed by atoms with Gasteiger partial charge in [0.1, 0.15) is 10.8 Å². The van der Waals surface area contributed by atoms with Crippen molar-refractivity contribution in [3.63, 3.8) is 0 Å². The van der Waals surface area contributed by atoms with Gasteiger partial charge in [0.05, 0.1) is 10.7 Å². The van der Waals surface area contributed by atoms with Gasteiger partial charge in [-0.05, 0) is 37.3 Å². The quantitative estimate of drug-likeness (QED) is 0.717. The van der Waals surface area contributed by atoms with Gasteiger partial charge in [0.15, 0.2) is 6.10 Å². The van der Waals surface area contributed by atoms with Crippen LogP contribution in [-0.4, -0.2) is 16.6 Å². The zero-order valence-electron chi connectivity index (χ0n) is 13.2. The highest BCUT2D eigenvalue weighted by Crippen LogP contribution is 2.32. The van der Waals surface area contributed by atoms with E-state index in [4.69, 9.17) is 27.9 Å². The van der Waals surface area contributed by atoms with Gasteiger partial charge in [-0.25, -0.2) is 0 Å². The molecule has 3 rings (SSSR count). The maximum absolute atomic E-state index is 12.4. The topological polar surface area (TPSA) is 43.3 Å². The third-order valence-electron chi connectivity index (χ3n) is 3.77. The Bertz CT molecular complexity index is 905. The fourth-order valence-corrected chi connectivity index (χ4v) is 2.80. The van der Waals surface area contributed by atoms with Crippen LogP contribution in [0.25, 0.3) is 10.9 Å². The number of hydrogen-bond donors (Lipinski definition) is 1. The van der Waals surface area contributed by atoms with E-state index in [9.17, 15) is 4.79 Å². The van der Waals surface area contributed by atoms with Crippen LogP contribution in [0.5, 0.6) is 5.75 Å². The lowest BCUT2D eigenvalue weighted by Crippen LogP contribution is -2.30. The second-order valence-electron chi connectivity index (χ2n) is 5.47. The number of nitrogens with zero attached hydrogens (tertiary/aromatic N) is 1. The molecule has 0 saturated carbocycles. The highest BCUT2D eigenvalue weighted by Gasteiger charge is 2.18. The molecule has 3 aromatic rings. The molecule has 1 aromatic heterocycles. The van der Waals surface area contributed by atoms with Gasteiger partial charge >= 0.3 is 0 Å². The van der Waals surface area contributed by atoms with Crippen LogP contribution in [0.3, 0.4) is 0 Å². The molecule has 0 aliphatic carbocycles. The van der Waals surface area contributed by atoms with Crippen LogP contribution in [0.15, 0.2) is 48.7 Å². The molecule has 1 atom stereocenters. The molecule has 124 valence electrons. The van der Waals surface area contributed by atoms with E-state index in [-0.39, 0.29) is 5.91 Å². The second kappa shape index (κ2) is 6.75. The molecule has 0 aliphatic heterocycles. The SMILES string of the molecule is CC(Oc1cccc(Cl)c1Cl)C(=O)Nc1cccc2c1ccn2C. The molecule has 2 aromatic carbocycles. The zero-order chi connectivity index (χ0) is 17.3. The molecule has 0 bridgehead atoms. The molecule has 24 heavy (non-hydrogen) atoms. The lowest BCUT2D eigenvalue weighted by molar-refractivity contribution is -0.122. The van der Waals surface area contributed by atoms with Gasteiger partial charge in [-0.3, -0.25) is 4.79 Å². The lowest BCUT2D eigenvalue weighted by Gasteiger charge is -2.16. The van der Waals surface area contributed by atoms with Crippen LogP contribution < -0.4 is 10.1 Å². The van der Waals surface area contributed by atoms with E-state index in [0.717, 1.165) is 16.6 Å². The predicted octanol–water partition coefficient (Wildman–Crippen LogP) is 4.89. The minimum absolute atomic E-state index is 0.262. The van der Waals surface area contributed by atoms with E-state index >= 15 is 0 Å². The molecule has 6 heteroatoms. The minimum Gasteiger partial charge on any atom is -0.479 e. The first kappa shape index (κ1) is 16.7. The summed E-state index contributed by atoms with van der Waals surface area (Å²) < 4.78 is 7.64. The van der Waals surface area contributed by atoms with E-state index in [1.54, 1.807) is 25.1 Å². The third kappa shape index (κ3) is 3.21. The fraction of sp³-hybridized carbons (Fsp3) is 0.167. The van der Waals surface area contributed by atoms with Crippen molar-refractivity contribution in [1.82, 2.24) is 4.57 Å². The zero-order valence-corrected chi connectivity index (χ0v) is 14.7. The Morgan fingerprint density at radius 2 is 1.92 bits per heavy atom. The Morgan fingerprint density at radius 1 is 1.17 bits per heavy atom. The summed E-state index contributed by atoms with van der Waals surface area (Å²) in [6, 6.07) is 12.8. The van der Waals surface area contributed by atoms with E-state index in [0.29, 0.717) is 15.8 Å². The summed E-state index contributed by atoms with van der Waals surface area (Å²) in [6.07, 6.45) is 1.23. The van der Waals surface area contributed by atoms with Crippen molar-refractivity contribution < 1.29 is 9.53 Å². The maximum atomic E-state index is 12.4. The van der Waals surface area contributed by atoms with Crippen LogP contribution in [0.2, 0.25) is 10.0 Å². The van der Waals surface area contributed by atoms with E-state index in [1.165, 1.54) is 0 Å². The molecule has 0 radical (unpaired) electrons. The number of anilines is 1. The monoisotopic (exact) mass is 362 g/mol. The number of carbonyl (C=O) groups is 1. The first-order valence-electron chi connectivity index (χ1n) is 7.43. The number of amides is 1. The Labute approximate surface area is 149 Å². The van der Waals surface area contributed by atoms with Gasteiger partial charge in [0.25, 0.3) is 5.91 Å². The third-order valence-corrected chi connectivity index (χ3v) is 4.58. The van der Waals surface area contributed by atoms with Gasteiger partial charge in [0.2, 0.25) is 0 Å². The minimum atomic E-state index is -0.722. The number of nitrogens with one attached hydrogen (secondary N) is 1. The molecule has 0 aliphatic rings. The summed E-state index contributed by atoms with van der Waals surface area (Å²) in [5.41, 5.74) is 1.78. The molecule has 0 fully saturated rings. The van der Waals surface area contributed by atoms with Crippen molar-refractivity contribution in [2.75, 3.05) is 5.32 Å². The largest absolute Gasteiger partial charge is 0.479 e. The van der Waals surface area contributed by atoms with Crippen molar-refractivity contribution in [2.24, 2.45) is 7.05 Å². The summed E-state index contributed by atoms with van der Waals surface area (Å²) in [5, 5.41) is 4.55. The first-order valence-corrected chi connectivity index (χ1v) is 8.18. The van der Waals surface area contributed by atoms with E-state index < -0.39 is 6.10 Å². The number of fused-ring (bicyclic) bond motifs is 1. The normalized spacial score (nSPS) is 12.2. The molecule has 0 spiro atoms. The molecule has 0 saturated heterocycles. The molecule has 1 N–H and O–H groups in total. The number of aromatic nitrogens is 1. The summed E-state index contributed by atoms with van der Waals surface area (Å²) in [5.74, 6) is 0.118. The summed E-state index contributed by atoms with van der Waals surface area (Å²) >= 11 is 12.1. The summed E-state index contributed by atoms with van der Waals surface area (Å²) in [6.45, 7) is 1.66. The van der Waals surface area contributed by atoms with Gasteiger partial charge in [-0.15, -0.1) is 0 Å². The Kier molecular flexibility index (Phi) is 4.69. The summed E-state index contributed by atoms with van der Waals surface area (Å²) in [4.78, 5) is 12.4. The maximum Gasteiger partial charge on any atom is 0.265 e. The highest BCUT2D eigenvalue weighted by molar-refractivity contribution is 6.42. The van der Waals surface area contributed by atoms with E-state index in [2.05, 4.69) is 5.32 Å². The summed E-state index contributed by atoms with van der Waals surface area (Å²) in [7, 11) is 1.96. The molecule has 1 amide bonds. The van der Waals surface area contributed by atoms with Crippen molar-refractivity contribution >= 4 is 45.7 Å². The average molecular weight is 363 g/mol. The number of benzene rings is 2. The second-order valence-corrected chi connectivity index (χ2v) is 6.25. The van der Waals surface area contributed by atoms with Crippen LogP contribution in [-0.2, 0) is 11.8 Å². The Balaban J connectivity index is 1.77. The van der Waals surface area contributed by atoms with E-state index in [1.807, 2.05) is 42.1 Å². The van der Waals surface area contributed by atoms with Crippen LogP contribution in [0.1, 0.15) is 6.92 Å². The number of aryl methyl sites for hydroxylation is 1. The van der Waals surface area contributed by atoms with Gasteiger partial charge in [0, 0.05) is 24.1 Å². The first-order chi connectivity index (χ1) is 11.5. The highest BCUT2D eigenvalue weighted by atomic mass is 35.5. The number of rotatable bonds is 4. The predicted molar refractivity (Wildman–Crippen MR) is 98.1 cm³/mol. The Morgan fingerprint density at radius 3 is 2.71 bits per heavy atom. The standard InChI is InChI=1S/C18H16Cl2N2O2/c1-11(24-16-8-3-5-13(19)17(16)20)18(23)21-14-6-4-7-15-12(14)9-10-22(15)2/h3-11H,1-2H3,(H,21,23). The molecular weight excluding hydrogens is 347 g/mol. The Hall–Kier alpha value is -2.17. The van der Waals surface area contributed by atoms with Gasteiger partial charge in [-0.2, -0.15) is 0 Å². The van der Waals surface area contributed by atoms with Crippen LogP contribution in [0, 0.1) is 0 Å². The number of halogens is 2. The van der Waals surface area contributed by atoms with Crippen LogP contribution in [0.4, 0.5) is 5.69 Å². The fourth-order valence-electron chi connectivity index (χ4n) is 2.46. The molecule has 4 nitrogen and oxygen atoms in total. The lowest BCUT2D eigenvalue weighted by atomic mass is 10.2. The number of carbonyl (C=O) groups excluding carboxylic acids is 1. The van der Waals surface area contributed by atoms with Crippen molar-refractivity contribution in [2.45, 2.75) is 13.0 Å². The van der Waals surface area contributed by atoms with Crippen molar-refractivity contribution in [3.8, 4) is 5.75 Å². The van der Waals surface area contributed by atoms with Crippen molar-refractivity contribution in [1.29, 1.82) is 0 Å². The van der Waals surface area contributed by atoms with Gasteiger partial charge < -0.3 is 14.6 Å². The molecule has 1 heterocycles. The average Bonchev–Trinajstić information content (AvgIpc) is 2.94. The number of hydrogen-bond acceptors (Lipinski definition) is 2. The molecule has 1 unspecified atom stereocenters. The van der Waals surface area contributed by atoms with Crippen LogP contribution >= 0.6 is 23.2 Å². The smallest absolute Gasteiger partial charge is 0.265 e. The molecular formula is C18H16Cl2N2O2. The van der Waals surface area contributed by atoms with Gasteiger partial charge in [-0.1, -0.05) is 35.3 Å². The number of ether oxygens (including phenoxy) is 1.